The fourth-order valence-electron chi connectivity index (χ4n) is 21.0. The Hall–Kier alpha value is -14.9. The maximum Gasteiger partial charge on any atom is 0.203 e. The van der Waals surface area contributed by atoms with Crippen LogP contribution in [0.4, 0.5) is 0 Å². The molecule has 0 bridgehead atoms. The third-order valence-corrected chi connectivity index (χ3v) is 27.4. The average molecular weight is 1960 g/mol. The summed E-state index contributed by atoms with van der Waals surface area (Å²) in [4.78, 5) is 0. The van der Waals surface area contributed by atoms with Gasteiger partial charge < -0.3 is 56.8 Å². The molecule has 0 amide bonds. The minimum absolute atomic E-state index is 0.306. The van der Waals surface area contributed by atoms with Gasteiger partial charge in [0.15, 0.2) is 46.0 Å². The Morgan fingerprint density at radius 3 is 0.493 bits per heavy atom. The van der Waals surface area contributed by atoms with Crippen LogP contribution in [-0.2, 0) is 21.7 Å². The van der Waals surface area contributed by atoms with E-state index in [2.05, 4.69) is 308 Å². The number of fused-ring (bicyclic) bond motifs is 12. The number of methoxy groups -OCH3 is 12. The highest BCUT2D eigenvalue weighted by atomic mass is 16.5. The summed E-state index contributed by atoms with van der Waals surface area (Å²) in [7, 11) is 19.8. The van der Waals surface area contributed by atoms with Crippen molar-refractivity contribution in [1.82, 2.24) is 0 Å². The van der Waals surface area contributed by atoms with Crippen molar-refractivity contribution in [3.63, 3.8) is 0 Å². The number of aryl methyl sites for hydroxylation is 4. The Labute approximate surface area is 874 Å². The largest absolute Gasteiger partial charge is 0.497 e. The summed E-state index contributed by atoms with van der Waals surface area (Å²) in [5.74, 6) is 7.87. The number of benzene rings is 16. The van der Waals surface area contributed by atoms with E-state index in [9.17, 15) is 0 Å². The Morgan fingerprint density at radius 2 is 0.308 bits per heavy atom. The highest BCUT2D eigenvalue weighted by Gasteiger charge is 2.52. The van der Waals surface area contributed by atoms with Gasteiger partial charge in [-0.05, 0) is 281 Å². The molecule has 0 unspecified atom stereocenters. The molecule has 0 spiro atoms. The topological polar surface area (TPSA) is 111 Å². The van der Waals surface area contributed by atoms with E-state index >= 15 is 0 Å². The number of hydrogen-bond acceptors (Lipinski definition) is 12. The number of ether oxygens (including phenoxy) is 12. The fourth-order valence-corrected chi connectivity index (χ4v) is 21.0. The molecule has 146 heavy (non-hydrogen) atoms. The van der Waals surface area contributed by atoms with E-state index in [-0.39, 0.29) is 10.8 Å². The number of hydrogen-bond donors (Lipinski definition) is 0. The van der Waals surface area contributed by atoms with Crippen molar-refractivity contribution >= 4 is 0 Å². The van der Waals surface area contributed by atoms with Crippen LogP contribution in [0.3, 0.4) is 0 Å². The zero-order chi connectivity index (χ0) is 107. The smallest absolute Gasteiger partial charge is 0.203 e. The molecular weight excluding hydrogens is 1800 g/mol. The van der Waals surface area contributed by atoms with Crippen molar-refractivity contribution in [2.75, 3.05) is 85.3 Å². The van der Waals surface area contributed by atoms with Gasteiger partial charge in [0.05, 0.1) is 107 Å². The molecule has 20 rings (SSSR count). The van der Waals surface area contributed by atoms with E-state index in [1.165, 1.54) is 122 Å². The molecule has 0 saturated carbocycles. The summed E-state index contributed by atoms with van der Waals surface area (Å²) < 4.78 is 67.8. The van der Waals surface area contributed by atoms with Crippen LogP contribution in [0, 0.1) is 41.5 Å². The Bertz CT molecular complexity index is 6430. The molecule has 0 atom stereocenters. The van der Waals surface area contributed by atoms with E-state index in [1.54, 1.807) is 85.3 Å². The second-order valence-corrected chi connectivity index (χ2v) is 33.3. The summed E-state index contributed by atoms with van der Waals surface area (Å²) in [6.07, 6.45) is 0. The maximum absolute atomic E-state index is 5.79. The molecule has 12 nitrogen and oxygen atoms in total. The van der Waals surface area contributed by atoms with Crippen LogP contribution in [-0.4, -0.2) is 85.3 Å². The average Bonchev–Trinajstić information content (AvgIpc) is 1.69. The standard InChI is InChI=1S/C31H30O6.C31H30.C29H26O4.C27H22O2.8C2H6/c1-32-25-15-19(16-26(33-2)29(25)36-5)31(20-17-27(34-3)30(37-6)28(18-20)35-4)23-13-9-7-11-21(23)22-12-8-10-14-24(22)31;1-19-15-25(16-20(2)23(19)5)31(26-17-21(3)24(6)22(4)18-26)29-13-9-7-11-27(29)28-12-8-10-14-30(28)31;1-30-25-15-13-19(17-27(25)32-3)29(20-14-16-26(31-2)28(18-20)33-4)23-11-7-5-9-21(23)22-10-6-8-12-24(22)29;1-28-21-15-11-19(12-16-21)27(20-13-17-22(29-2)18-14-20)25-9-5-3-7-23(25)24-8-4-6-10-26(24)27;8*1-2/h7-18H,1-6H3;7-18H,1-6H3;5-18H,1-4H3;3-18H,1-2H3;8*1-2H3. The summed E-state index contributed by atoms with van der Waals surface area (Å²) >= 11 is 0. The first-order chi connectivity index (χ1) is 71.4. The third kappa shape index (κ3) is 20.8. The van der Waals surface area contributed by atoms with Gasteiger partial charge >= 0.3 is 0 Å². The zero-order valence-electron chi connectivity index (χ0n) is 93.1. The molecule has 4 aliphatic rings. The van der Waals surface area contributed by atoms with Crippen molar-refractivity contribution in [3.05, 3.63) is 450 Å². The summed E-state index contributed by atoms with van der Waals surface area (Å²) in [6.45, 7) is 45.5. The molecule has 0 aromatic heterocycles. The Morgan fingerprint density at radius 1 is 0.144 bits per heavy atom. The molecule has 0 N–H and O–H groups in total. The lowest BCUT2D eigenvalue weighted by Crippen LogP contribution is -2.29. The first-order valence-corrected chi connectivity index (χ1v) is 51.7. The first-order valence-electron chi connectivity index (χ1n) is 51.7. The van der Waals surface area contributed by atoms with Crippen molar-refractivity contribution in [2.45, 2.75) is 174 Å². The zero-order valence-corrected chi connectivity index (χ0v) is 93.1. The van der Waals surface area contributed by atoms with Gasteiger partial charge in [0.25, 0.3) is 0 Å². The lowest BCUT2D eigenvalue weighted by molar-refractivity contribution is 0.322. The van der Waals surface area contributed by atoms with Crippen molar-refractivity contribution < 1.29 is 56.8 Å². The van der Waals surface area contributed by atoms with Gasteiger partial charge in [-0.15, -0.1) is 0 Å². The normalized spacial score (nSPS) is 12.1. The Kier molecular flexibility index (Phi) is 42.1. The molecular formula is C134H156O12. The van der Waals surface area contributed by atoms with Crippen LogP contribution < -0.4 is 56.8 Å². The molecule has 0 aliphatic heterocycles. The molecule has 16 aromatic rings. The van der Waals surface area contributed by atoms with Gasteiger partial charge in [0.1, 0.15) is 11.5 Å². The van der Waals surface area contributed by atoms with Gasteiger partial charge in [-0.1, -0.05) is 366 Å². The molecule has 12 heteroatoms. The van der Waals surface area contributed by atoms with E-state index < -0.39 is 10.8 Å². The SMILES string of the molecule is CC.CC.CC.CC.CC.CC.CC.CC.COc1cc(C2(c3cc(OC)c(OC)c(OC)c3)c3ccccc3-c3ccccc32)cc(OC)c1OC.COc1ccc(C2(c3ccc(OC)c(OC)c3)c3ccccc3-c3ccccc32)cc1OC.COc1ccc(C2(c3ccc(OC)cc3)c3ccccc3-c3ccccc32)cc1.Cc1cc(C2(c3cc(C)c(C)c(C)c3)c3ccccc3-c3ccccc32)cc(C)c1C. The maximum atomic E-state index is 5.79. The van der Waals surface area contributed by atoms with Crippen LogP contribution in [0.15, 0.2) is 328 Å². The molecule has 4 aliphatic carbocycles. The monoisotopic (exact) mass is 1960 g/mol. The van der Waals surface area contributed by atoms with E-state index in [1.807, 2.05) is 171 Å². The van der Waals surface area contributed by atoms with Crippen molar-refractivity contribution in [2.24, 2.45) is 0 Å². The van der Waals surface area contributed by atoms with Crippen LogP contribution >= 0.6 is 0 Å². The van der Waals surface area contributed by atoms with Gasteiger partial charge in [0, 0.05) is 0 Å². The molecule has 0 radical (unpaired) electrons. The van der Waals surface area contributed by atoms with Crippen molar-refractivity contribution in [1.29, 1.82) is 0 Å². The fraction of sp³-hybridized carbons (Fsp3) is 0.284. The number of rotatable bonds is 20. The van der Waals surface area contributed by atoms with Gasteiger partial charge in [-0.3, -0.25) is 0 Å². The predicted octanol–water partition coefficient (Wildman–Crippen LogP) is 34.4. The summed E-state index contributed by atoms with van der Waals surface area (Å²) in [5, 5.41) is 0. The predicted molar refractivity (Wildman–Crippen MR) is 613 cm³/mol. The van der Waals surface area contributed by atoms with E-state index in [0.717, 1.165) is 56.0 Å². The second-order valence-electron chi connectivity index (χ2n) is 33.3. The lowest BCUT2D eigenvalue weighted by Gasteiger charge is -2.35. The quantitative estimate of drug-likeness (QED) is 0.0724. The first kappa shape index (κ1) is 115. The Balaban J connectivity index is 0.000000207. The van der Waals surface area contributed by atoms with Gasteiger partial charge in [-0.25, -0.2) is 0 Å². The van der Waals surface area contributed by atoms with E-state index in [0.29, 0.717) is 57.5 Å². The van der Waals surface area contributed by atoms with Crippen molar-refractivity contribution in [3.8, 4) is 114 Å². The van der Waals surface area contributed by atoms with Crippen LogP contribution in [0.5, 0.6) is 69.0 Å². The highest BCUT2D eigenvalue weighted by Crippen LogP contribution is 2.63. The van der Waals surface area contributed by atoms with Crippen LogP contribution in [0.1, 0.15) is 233 Å². The van der Waals surface area contributed by atoms with Crippen LogP contribution in [0.25, 0.3) is 44.5 Å². The van der Waals surface area contributed by atoms with Crippen LogP contribution in [0.2, 0.25) is 0 Å². The minimum atomic E-state index is -0.743. The highest BCUT2D eigenvalue weighted by molar-refractivity contribution is 5.91. The van der Waals surface area contributed by atoms with Gasteiger partial charge in [-0.2, -0.15) is 0 Å². The molecule has 0 saturated heterocycles. The van der Waals surface area contributed by atoms with E-state index in [4.69, 9.17) is 56.8 Å². The molecule has 0 fully saturated rings. The molecule has 16 aromatic carbocycles. The second kappa shape index (κ2) is 53.6. The molecule has 764 valence electrons. The minimum Gasteiger partial charge on any atom is -0.497 e. The summed E-state index contributed by atoms with van der Waals surface area (Å²) in [5.41, 5.74) is 35.6. The third-order valence-electron chi connectivity index (χ3n) is 27.4. The lowest BCUT2D eigenvalue weighted by atomic mass is 9.66. The van der Waals surface area contributed by atoms with Gasteiger partial charge in [0.2, 0.25) is 11.5 Å². The molecule has 0 heterocycles. The summed E-state index contributed by atoms with van der Waals surface area (Å²) in [6, 6.07) is 117.